The standard InChI is InChI=1S/C25H26ClF3N4O4S/c1-17(34)18-5-7-21(8-6-18)37-13-3-10-32-12-9-20(16-32)31-38(35,36)23-4-2-11-33(23)24-22(26)14-19(15-30-24)25(27,28)29/h2,4-8,11,14-15,20,31H,3,9-10,12-13,16H2,1H3/t20-/m1/s1. The number of benzene rings is 1. The Kier molecular flexibility index (Phi) is 8.46. The van der Waals surface area contributed by atoms with Crippen molar-refractivity contribution in [2.75, 3.05) is 26.2 Å². The van der Waals surface area contributed by atoms with Gasteiger partial charge < -0.3 is 9.64 Å². The van der Waals surface area contributed by atoms with E-state index in [-0.39, 0.29) is 27.7 Å². The molecule has 0 amide bonds. The van der Waals surface area contributed by atoms with Crippen molar-refractivity contribution in [3.05, 3.63) is 71.0 Å². The molecule has 0 aliphatic carbocycles. The van der Waals surface area contributed by atoms with Crippen LogP contribution in [0.15, 0.2) is 59.9 Å². The summed E-state index contributed by atoms with van der Waals surface area (Å²) in [5.74, 6) is 0.547. The summed E-state index contributed by atoms with van der Waals surface area (Å²) in [5, 5.41) is -0.495. The number of hydrogen-bond acceptors (Lipinski definition) is 6. The molecular formula is C25H26ClF3N4O4S. The van der Waals surface area contributed by atoms with Crippen LogP contribution in [-0.2, 0) is 16.2 Å². The molecule has 8 nitrogen and oxygen atoms in total. The van der Waals surface area contributed by atoms with Gasteiger partial charge in [0.2, 0.25) is 0 Å². The molecule has 1 N–H and O–H groups in total. The highest BCUT2D eigenvalue weighted by atomic mass is 35.5. The van der Waals surface area contributed by atoms with Crippen molar-refractivity contribution in [1.29, 1.82) is 0 Å². The first-order valence-electron chi connectivity index (χ1n) is 11.8. The predicted octanol–water partition coefficient (Wildman–Crippen LogP) is 4.57. The first-order chi connectivity index (χ1) is 17.9. The average molecular weight is 571 g/mol. The lowest BCUT2D eigenvalue weighted by Gasteiger charge is -2.18. The van der Waals surface area contributed by atoms with Gasteiger partial charge in [0.15, 0.2) is 16.6 Å². The fraction of sp³-hybridized carbons (Fsp3) is 0.360. The summed E-state index contributed by atoms with van der Waals surface area (Å²) in [5.41, 5.74) is -0.405. The third kappa shape index (κ3) is 6.73. The van der Waals surface area contributed by atoms with E-state index in [9.17, 15) is 26.4 Å². The van der Waals surface area contributed by atoms with Crippen molar-refractivity contribution >= 4 is 27.4 Å². The Balaban J connectivity index is 1.31. The highest BCUT2D eigenvalue weighted by Crippen LogP contribution is 2.32. The maximum absolute atomic E-state index is 13.1. The van der Waals surface area contributed by atoms with Crippen LogP contribution in [0.3, 0.4) is 0 Å². The Bertz CT molecular complexity index is 1390. The fourth-order valence-corrected chi connectivity index (χ4v) is 5.87. The van der Waals surface area contributed by atoms with Crippen LogP contribution in [-0.4, -0.2) is 60.9 Å². The number of nitrogens with one attached hydrogen (secondary N) is 1. The van der Waals surface area contributed by atoms with Crippen LogP contribution in [0.4, 0.5) is 13.2 Å². The lowest BCUT2D eigenvalue weighted by Crippen LogP contribution is -2.38. The molecule has 0 spiro atoms. The van der Waals surface area contributed by atoms with E-state index in [0.717, 1.165) is 11.0 Å². The zero-order chi connectivity index (χ0) is 27.5. The smallest absolute Gasteiger partial charge is 0.417 e. The molecule has 0 radical (unpaired) electrons. The Morgan fingerprint density at radius 2 is 1.97 bits per heavy atom. The second kappa shape index (κ2) is 11.4. The Labute approximate surface area is 223 Å². The molecule has 3 heterocycles. The molecule has 1 aromatic carbocycles. The average Bonchev–Trinajstić information content (AvgIpc) is 3.51. The summed E-state index contributed by atoms with van der Waals surface area (Å²) >= 11 is 6.03. The van der Waals surface area contributed by atoms with Crippen LogP contribution in [0, 0.1) is 0 Å². The van der Waals surface area contributed by atoms with Crippen molar-refractivity contribution < 1.29 is 31.1 Å². The summed E-state index contributed by atoms with van der Waals surface area (Å²) in [6.07, 6.45) is -1.29. The molecule has 0 saturated carbocycles. The van der Waals surface area contributed by atoms with E-state index >= 15 is 0 Å². The van der Waals surface area contributed by atoms with E-state index in [2.05, 4.69) is 14.6 Å². The van der Waals surface area contributed by atoms with E-state index in [1.54, 1.807) is 24.3 Å². The van der Waals surface area contributed by atoms with Gasteiger partial charge >= 0.3 is 6.18 Å². The number of alkyl halides is 3. The number of pyridine rings is 1. The van der Waals surface area contributed by atoms with Gasteiger partial charge in [0.1, 0.15) is 5.75 Å². The highest BCUT2D eigenvalue weighted by Gasteiger charge is 2.33. The number of Topliss-reactive ketones (excluding diaryl/α,β-unsaturated/α-hetero) is 1. The maximum Gasteiger partial charge on any atom is 0.417 e. The number of rotatable bonds is 10. The maximum atomic E-state index is 13.1. The number of halogens is 4. The van der Waals surface area contributed by atoms with Gasteiger partial charge in [-0.2, -0.15) is 13.2 Å². The van der Waals surface area contributed by atoms with Gasteiger partial charge in [-0.3, -0.25) is 9.36 Å². The minimum absolute atomic E-state index is 0.0102. The van der Waals surface area contributed by atoms with E-state index in [4.69, 9.17) is 16.3 Å². The second-order valence-corrected chi connectivity index (χ2v) is 11.0. The lowest BCUT2D eigenvalue weighted by atomic mass is 10.1. The Hall–Kier alpha value is -2.93. The third-order valence-corrected chi connectivity index (χ3v) is 7.91. The number of sulfonamides is 1. The zero-order valence-electron chi connectivity index (χ0n) is 20.4. The largest absolute Gasteiger partial charge is 0.494 e. The molecule has 1 saturated heterocycles. The minimum atomic E-state index is -4.62. The molecule has 13 heteroatoms. The Morgan fingerprint density at radius 1 is 1.24 bits per heavy atom. The summed E-state index contributed by atoms with van der Waals surface area (Å²) in [6.45, 7) is 3.90. The van der Waals surface area contributed by atoms with Crippen molar-refractivity contribution in [3.63, 3.8) is 0 Å². The first-order valence-corrected chi connectivity index (χ1v) is 13.7. The van der Waals surface area contributed by atoms with E-state index < -0.39 is 21.8 Å². The van der Waals surface area contributed by atoms with Gasteiger partial charge in [-0.05, 0) is 68.8 Å². The van der Waals surface area contributed by atoms with Crippen LogP contribution in [0.5, 0.6) is 5.75 Å². The molecule has 204 valence electrons. The zero-order valence-corrected chi connectivity index (χ0v) is 22.0. The lowest BCUT2D eigenvalue weighted by molar-refractivity contribution is -0.137. The second-order valence-electron chi connectivity index (χ2n) is 8.93. The van der Waals surface area contributed by atoms with Crippen molar-refractivity contribution in [1.82, 2.24) is 19.2 Å². The van der Waals surface area contributed by atoms with Crippen LogP contribution in [0.2, 0.25) is 5.02 Å². The van der Waals surface area contributed by atoms with Crippen molar-refractivity contribution in [2.45, 2.75) is 37.0 Å². The summed E-state index contributed by atoms with van der Waals surface area (Å²) in [4.78, 5) is 17.2. The van der Waals surface area contributed by atoms with Gasteiger partial charge in [-0.25, -0.2) is 18.1 Å². The molecule has 0 bridgehead atoms. The number of ketones is 1. The van der Waals surface area contributed by atoms with Gasteiger partial charge in [-0.15, -0.1) is 0 Å². The molecule has 4 rings (SSSR count). The van der Waals surface area contributed by atoms with Crippen LogP contribution < -0.4 is 9.46 Å². The molecule has 0 unspecified atom stereocenters. The number of carbonyl (C=O) groups is 1. The number of hydrogen-bond donors (Lipinski definition) is 1. The molecule has 2 aromatic heterocycles. The number of carbonyl (C=O) groups excluding carboxylic acids is 1. The fourth-order valence-electron chi connectivity index (χ4n) is 4.20. The van der Waals surface area contributed by atoms with E-state index in [0.29, 0.717) is 56.2 Å². The topological polar surface area (TPSA) is 93.5 Å². The molecule has 1 aliphatic rings. The van der Waals surface area contributed by atoms with Crippen LogP contribution in [0.1, 0.15) is 35.7 Å². The third-order valence-electron chi connectivity index (χ3n) is 6.11. The van der Waals surface area contributed by atoms with Crippen LogP contribution >= 0.6 is 11.6 Å². The van der Waals surface area contributed by atoms with E-state index in [1.807, 2.05) is 0 Å². The van der Waals surface area contributed by atoms with Gasteiger partial charge in [-0.1, -0.05) is 11.6 Å². The molecule has 38 heavy (non-hydrogen) atoms. The first kappa shape index (κ1) is 28.1. The minimum Gasteiger partial charge on any atom is -0.494 e. The Morgan fingerprint density at radius 3 is 2.63 bits per heavy atom. The normalized spacial score (nSPS) is 16.6. The monoisotopic (exact) mass is 570 g/mol. The van der Waals surface area contributed by atoms with Gasteiger partial charge in [0.05, 0.1) is 17.2 Å². The predicted molar refractivity (Wildman–Crippen MR) is 135 cm³/mol. The van der Waals surface area contributed by atoms with Crippen LogP contribution in [0.25, 0.3) is 5.82 Å². The van der Waals surface area contributed by atoms with Crippen molar-refractivity contribution in [3.8, 4) is 11.6 Å². The van der Waals surface area contributed by atoms with Gasteiger partial charge in [0.25, 0.3) is 10.0 Å². The highest BCUT2D eigenvalue weighted by molar-refractivity contribution is 7.89. The summed E-state index contributed by atoms with van der Waals surface area (Å²) in [7, 11) is -4.01. The molecular weight excluding hydrogens is 545 g/mol. The van der Waals surface area contributed by atoms with E-state index in [1.165, 1.54) is 25.3 Å². The number of nitrogens with zero attached hydrogens (tertiary/aromatic N) is 3. The van der Waals surface area contributed by atoms with Gasteiger partial charge in [0, 0.05) is 37.1 Å². The molecule has 1 aliphatic heterocycles. The van der Waals surface area contributed by atoms with Crippen molar-refractivity contribution in [2.24, 2.45) is 0 Å². The molecule has 3 aromatic rings. The summed E-state index contributed by atoms with van der Waals surface area (Å²) in [6, 6.07) is 10.1. The molecule has 1 atom stereocenters. The number of ether oxygens (including phenoxy) is 1. The quantitative estimate of drug-likeness (QED) is 0.284. The summed E-state index contributed by atoms with van der Waals surface area (Å²) < 4.78 is 74.7. The number of aromatic nitrogens is 2. The number of likely N-dealkylation sites (tertiary alicyclic amines) is 1. The SMILES string of the molecule is CC(=O)c1ccc(OCCCN2CC[C@@H](NS(=O)(=O)c3cccn3-c3ncc(C(F)(F)F)cc3Cl)C2)cc1. The molecule has 1 fully saturated rings.